The van der Waals surface area contributed by atoms with Gasteiger partial charge in [0, 0.05) is 11.1 Å². The van der Waals surface area contributed by atoms with Gasteiger partial charge in [0.25, 0.3) is 0 Å². The first kappa shape index (κ1) is 18.0. The zero-order valence-corrected chi connectivity index (χ0v) is 16.8. The maximum absolute atomic E-state index is 4.88. The number of piperidine rings is 1. The third-order valence-electron chi connectivity index (χ3n) is 5.72. The Labute approximate surface area is 171 Å². The Morgan fingerprint density at radius 3 is 2.14 bits per heavy atom. The van der Waals surface area contributed by atoms with E-state index in [4.69, 9.17) is 10.2 Å². The number of aromatic nitrogens is 4. The largest absolute Gasteiger partial charge is 0.284 e. The van der Waals surface area contributed by atoms with Crippen LogP contribution >= 0.6 is 0 Å². The number of nitrogens with zero attached hydrogens (tertiary/aromatic N) is 5. The third-order valence-corrected chi connectivity index (χ3v) is 5.72. The lowest BCUT2D eigenvalue weighted by atomic mass is 9.96. The van der Waals surface area contributed by atoms with Crippen molar-refractivity contribution in [3.8, 4) is 22.4 Å². The molecule has 0 unspecified atom stereocenters. The third kappa shape index (κ3) is 3.42. The van der Waals surface area contributed by atoms with Crippen LogP contribution in [-0.2, 0) is 6.67 Å². The molecule has 0 spiro atoms. The molecule has 2 aromatic carbocycles. The van der Waals surface area contributed by atoms with Crippen molar-refractivity contribution < 1.29 is 0 Å². The summed E-state index contributed by atoms with van der Waals surface area (Å²) >= 11 is 0. The van der Waals surface area contributed by atoms with Crippen LogP contribution in [0.15, 0.2) is 60.7 Å². The zero-order valence-electron chi connectivity index (χ0n) is 16.8. The van der Waals surface area contributed by atoms with Crippen LogP contribution in [0.4, 0.5) is 0 Å². The van der Waals surface area contributed by atoms with Gasteiger partial charge in [0.15, 0.2) is 5.65 Å². The van der Waals surface area contributed by atoms with E-state index in [-0.39, 0.29) is 0 Å². The molecular weight excluding hydrogens is 358 g/mol. The van der Waals surface area contributed by atoms with Crippen LogP contribution in [0.5, 0.6) is 0 Å². The van der Waals surface area contributed by atoms with Crippen molar-refractivity contribution in [1.29, 1.82) is 0 Å². The van der Waals surface area contributed by atoms with Gasteiger partial charge in [-0.25, -0.2) is 4.68 Å². The summed E-state index contributed by atoms with van der Waals surface area (Å²) < 4.78 is 2.03. The minimum absolute atomic E-state index is 0.776. The molecule has 146 valence electrons. The summed E-state index contributed by atoms with van der Waals surface area (Å²) in [7, 11) is 0. The number of hydrogen-bond acceptors (Lipinski definition) is 4. The molecule has 5 rings (SSSR count). The number of hydrogen-bond donors (Lipinski definition) is 0. The maximum Gasteiger partial charge on any atom is 0.182 e. The van der Waals surface area contributed by atoms with Gasteiger partial charge in [0.2, 0.25) is 0 Å². The fourth-order valence-electron chi connectivity index (χ4n) is 4.30. The van der Waals surface area contributed by atoms with Gasteiger partial charge in [-0.15, -0.1) is 10.2 Å². The van der Waals surface area contributed by atoms with E-state index in [0.29, 0.717) is 0 Å². The average Bonchev–Trinajstić information content (AvgIpc) is 3.10. The zero-order chi connectivity index (χ0) is 19.6. The Hall–Kier alpha value is -3.05. The van der Waals surface area contributed by atoms with Crippen LogP contribution in [0.3, 0.4) is 0 Å². The Bertz CT molecular complexity index is 1110. The molecule has 1 fully saturated rings. The van der Waals surface area contributed by atoms with E-state index >= 15 is 0 Å². The molecular formula is C24H25N5. The lowest BCUT2D eigenvalue weighted by Gasteiger charge is -2.26. The molecule has 2 aromatic heterocycles. The second kappa shape index (κ2) is 7.76. The Morgan fingerprint density at radius 2 is 1.45 bits per heavy atom. The quantitative estimate of drug-likeness (QED) is 0.502. The molecule has 0 N–H and O–H groups in total. The molecule has 1 aliphatic heterocycles. The van der Waals surface area contributed by atoms with E-state index in [2.05, 4.69) is 53.3 Å². The van der Waals surface area contributed by atoms with Crippen LogP contribution in [0, 0.1) is 6.92 Å². The fourth-order valence-corrected chi connectivity index (χ4v) is 4.30. The van der Waals surface area contributed by atoms with Gasteiger partial charge in [0.1, 0.15) is 5.69 Å². The van der Waals surface area contributed by atoms with Crippen LogP contribution in [0.2, 0.25) is 0 Å². The summed E-state index contributed by atoms with van der Waals surface area (Å²) in [5, 5.41) is 15.3. The van der Waals surface area contributed by atoms with Gasteiger partial charge in [0.05, 0.1) is 17.7 Å². The van der Waals surface area contributed by atoms with Gasteiger partial charge >= 0.3 is 0 Å². The monoisotopic (exact) mass is 383 g/mol. The number of fused-ring (bicyclic) bond motifs is 1. The smallest absolute Gasteiger partial charge is 0.182 e. The highest BCUT2D eigenvalue weighted by molar-refractivity contribution is 6.01. The minimum atomic E-state index is 0.776. The van der Waals surface area contributed by atoms with Crippen molar-refractivity contribution in [3.05, 3.63) is 66.4 Å². The highest BCUT2D eigenvalue weighted by atomic mass is 15.4. The molecule has 1 aliphatic rings. The van der Waals surface area contributed by atoms with E-state index < -0.39 is 0 Å². The van der Waals surface area contributed by atoms with Gasteiger partial charge in [-0.3, -0.25) is 4.90 Å². The van der Waals surface area contributed by atoms with Crippen molar-refractivity contribution in [3.63, 3.8) is 0 Å². The molecule has 29 heavy (non-hydrogen) atoms. The maximum atomic E-state index is 4.88. The van der Waals surface area contributed by atoms with E-state index in [1.807, 2.05) is 28.9 Å². The van der Waals surface area contributed by atoms with E-state index in [9.17, 15) is 0 Å². The predicted molar refractivity (Wildman–Crippen MR) is 116 cm³/mol. The Balaban J connectivity index is 1.70. The number of rotatable bonds is 4. The Kier molecular flexibility index (Phi) is 4.82. The summed E-state index contributed by atoms with van der Waals surface area (Å²) in [6.07, 6.45) is 3.85. The second-order valence-electron chi connectivity index (χ2n) is 7.76. The highest BCUT2D eigenvalue weighted by Crippen LogP contribution is 2.37. The van der Waals surface area contributed by atoms with Crippen LogP contribution in [-0.4, -0.2) is 38.0 Å². The standard InChI is InChI=1S/C24H25N5/c1-18-21-22(19-11-5-2-6-12-19)23(20-13-7-3-8-14-20)25-26-24(21)29(27-18)17-28-15-9-4-10-16-28/h2-3,5-8,11-14H,4,9-10,15-17H2,1H3. The Morgan fingerprint density at radius 1 is 0.793 bits per heavy atom. The average molecular weight is 383 g/mol. The van der Waals surface area contributed by atoms with Gasteiger partial charge < -0.3 is 0 Å². The normalized spacial score (nSPS) is 15.1. The number of aryl methyl sites for hydroxylation is 1. The topological polar surface area (TPSA) is 46.8 Å². The van der Waals surface area contributed by atoms with Crippen molar-refractivity contribution in [1.82, 2.24) is 24.9 Å². The predicted octanol–water partition coefficient (Wildman–Crippen LogP) is 4.91. The molecule has 0 aliphatic carbocycles. The van der Waals surface area contributed by atoms with Gasteiger partial charge in [-0.05, 0) is 38.4 Å². The van der Waals surface area contributed by atoms with Crippen molar-refractivity contribution >= 4 is 11.0 Å². The summed E-state index contributed by atoms with van der Waals surface area (Å²) in [6.45, 7) is 5.11. The van der Waals surface area contributed by atoms with E-state index in [1.54, 1.807) is 0 Å². The van der Waals surface area contributed by atoms with Crippen molar-refractivity contribution in [2.45, 2.75) is 32.9 Å². The van der Waals surface area contributed by atoms with Crippen molar-refractivity contribution in [2.75, 3.05) is 13.1 Å². The lowest BCUT2D eigenvalue weighted by Crippen LogP contribution is -2.32. The molecule has 0 radical (unpaired) electrons. The molecule has 5 heteroatoms. The minimum Gasteiger partial charge on any atom is -0.284 e. The van der Waals surface area contributed by atoms with Gasteiger partial charge in [-0.2, -0.15) is 5.10 Å². The summed E-state index contributed by atoms with van der Waals surface area (Å²) in [4.78, 5) is 2.46. The summed E-state index contributed by atoms with van der Waals surface area (Å²) in [5.41, 5.74) is 6.11. The fraction of sp³-hybridized carbons (Fsp3) is 0.292. The lowest BCUT2D eigenvalue weighted by molar-refractivity contribution is 0.176. The van der Waals surface area contributed by atoms with Gasteiger partial charge in [-0.1, -0.05) is 67.1 Å². The number of likely N-dealkylation sites (tertiary alicyclic amines) is 1. The molecule has 0 atom stereocenters. The van der Waals surface area contributed by atoms with E-state index in [0.717, 1.165) is 58.9 Å². The molecule has 5 nitrogen and oxygen atoms in total. The molecule has 1 saturated heterocycles. The summed E-state index contributed by atoms with van der Waals surface area (Å²) in [6, 6.07) is 20.8. The first-order chi connectivity index (χ1) is 14.3. The summed E-state index contributed by atoms with van der Waals surface area (Å²) in [5.74, 6) is 0. The van der Waals surface area contributed by atoms with Crippen molar-refractivity contribution in [2.24, 2.45) is 0 Å². The highest BCUT2D eigenvalue weighted by Gasteiger charge is 2.21. The molecule has 3 heterocycles. The molecule has 0 bridgehead atoms. The second-order valence-corrected chi connectivity index (χ2v) is 7.76. The molecule has 0 saturated carbocycles. The van der Waals surface area contributed by atoms with Crippen LogP contribution in [0.1, 0.15) is 25.0 Å². The molecule has 4 aromatic rings. The van der Waals surface area contributed by atoms with Crippen LogP contribution < -0.4 is 0 Å². The van der Waals surface area contributed by atoms with E-state index in [1.165, 1.54) is 19.3 Å². The van der Waals surface area contributed by atoms with Crippen LogP contribution in [0.25, 0.3) is 33.4 Å². The molecule has 0 amide bonds. The first-order valence-corrected chi connectivity index (χ1v) is 10.4. The first-order valence-electron chi connectivity index (χ1n) is 10.4. The number of benzene rings is 2. The SMILES string of the molecule is Cc1nn(CN2CCCCC2)c2nnc(-c3ccccc3)c(-c3ccccc3)c12.